The van der Waals surface area contributed by atoms with Crippen molar-refractivity contribution in [3.63, 3.8) is 0 Å². The van der Waals surface area contributed by atoms with Gasteiger partial charge < -0.3 is 20.9 Å². The molecule has 1 rings (SSSR count). The van der Waals surface area contributed by atoms with E-state index < -0.39 is 17.9 Å². The molecular weight excluding hydrogens is 248 g/mol. The lowest BCUT2D eigenvalue weighted by Gasteiger charge is -2.16. The highest BCUT2D eigenvalue weighted by Crippen LogP contribution is 2.16. The summed E-state index contributed by atoms with van der Waals surface area (Å²) in [6.07, 6.45) is 0.350. The van der Waals surface area contributed by atoms with Crippen molar-refractivity contribution in [1.82, 2.24) is 0 Å². The van der Waals surface area contributed by atoms with Crippen molar-refractivity contribution in [2.75, 3.05) is 19.0 Å². The fraction of sp³-hybridized carbons (Fsp3) is 0.385. The Kier molecular flexibility index (Phi) is 5.32. The molecule has 0 fully saturated rings. The summed E-state index contributed by atoms with van der Waals surface area (Å²) in [5, 5.41) is 12.0. The van der Waals surface area contributed by atoms with Crippen molar-refractivity contribution >= 4 is 17.6 Å². The maximum absolute atomic E-state index is 11.1. The van der Waals surface area contributed by atoms with Crippen molar-refractivity contribution < 1.29 is 19.4 Å². The van der Waals surface area contributed by atoms with Gasteiger partial charge in [-0.3, -0.25) is 4.79 Å². The number of aliphatic carboxylic acids is 1. The van der Waals surface area contributed by atoms with Crippen LogP contribution >= 0.6 is 0 Å². The molecule has 0 aliphatic rings. The van der Waals surface area contributed by atoms with E-state index in [0.717, 1.165) is 0 Å². The van der Waals surface area contributed by atoms with Crippen LogP contribution in [0.2, 0.25) is 0 Å². The van der Waals surface area contributed by atoms with Gasteiger partial charge in [0.05, 0.1) is 0 Å². The number of nitrogens with one attached hydrogen (secondary N) is 1. The van der Waals surface area contributed by atoms with Crippen molar-refractivity contribution in [3.8, 4) is 0 Å². The molecular formula is C13H18N2O4. The Morgan fingerprint density at radius 2 is 2.16 bits per heavy atom. The lowest BCUT2D eigenvalue weighted by Crippen LogP contribution is -2.30. The van der Waals surface area contributed by atoms with E-state index in [2.05, 4.69) is 5.32 Å². The molecule has 1 atom stereocenters. The van der Waals surface area contributed by atoms with Crippen LogP contribution in [0.15, 0.2) is 18.2 Å². The lowest BCUT2D eigenvalue weighted by molar-refractivity contribution is -0.138. The summed E-state index contributed by atoms with van der Waals surface area (Å²) in [5.41, 5.74) is 6.97. The first-order valence-corrected chi connectivity index (χ1v) is 5.84. The van der Waals surface area contributed by atoms with Gasteiger partial charge in [0, 0.05) is 31.4 Å². The van der Waals surface area contributed by atoms with Gasteiger partial charge in [-0.25, -0.2) is 4.79 Å². The predicted octanol–water partition coefficient (Wildman–Crippen LogP) is 0.996. The topological polar surface area (TPSA) is 102 Å². The summed E-state index contributed by atoms with van der Waals surface area (Å²) >= 11 is 0. The monoisotopic (exact) mass is 266 g/mol. The Bertz CT molecular complexity index is 474. The zero-order chi connectivity index (χ0) is 14.4. The fourth-order valence-corrected chi connectivity index (χ4v) is 1.72. The number of benzene rings is 1. The normalized spacial score (nSPS) is 11.9. The van der Waals surface area contributed by atoms with Crippen LogP contribution in [-0.2, 0) is 9.53 Å². The number of carbonyl (C=O) groups is 2. The summed E-state index contributed by atoms with van der Waals surface area (Å²) in [6, 6.07) is 4.17. The van der Waals surface area contributed by atoms with Crippen LogP contribution in [0.4, 0.5) is 5.69 Å². The number of carboxylic acids is 1. The highest BCUT2D eigenvalue weighted by Gasteiger charge is 2.17. The van der Waals surface area contributed by atoms with Crippen LogP contribution in [0.5, 0.6) is 0 Å². The van der Waals surface area contributed by atoms with E-state index in [4.69, 9.17) is 15.6 Å². The highest BCUT2D eigenvalue weighted by molar-refractivity contribution is 5.94. The first-order valence-electron chi connectivity index (χ1n) is 5.84. The molecule has 0 spiro atoms. The molecule has 6 heteroatoms. The number of hydrogen-bond acceptors (Lipinski definition) is 4. The zero-order valence-corrected chi connectivity index (χ0v) is 11.0. The number of amides is 1. The van der Waals surface area contributed by atoms with Gasteiger partial charge in [-0.05, 0) is 30.7 Å². The first kappa shape index (κ1) is 15.0. The SMILES string of the molecule is COCCC(Nc1ccc(C(N)=O)c(C)c1)C(=O)O. The summed E-state index contributed by atoms with van der Waals surface area (Å²) in [6.45, 7) is 2.10. The minimum Gasteiger partial charge on any atom is -0.480 e. The maximum Gasteiger partial charge on any atom is 0.326 e. The molecule has 6 nitrogen and oxygen atoms in total. The molecule has 0 aliphatic carbocycles. The van der Waals surface area contributed by atoms with Gasteiger partial charge in [0.25, 0.3) is 0 Å². The molecule has 0 aromatic heterocycles. The van der Waals surface area contributed by atoms with E-state index in [-0.39, 0.29) is 0 Å². The smallest absolute Gasteiger partial charge is 0.326 e. The van der Waals surface area contributed by atoms with Gasteiger partial charge in [-0.15, -0.1) is 0 Å². The average Bonchev–Trinajstić information content (AvgIpc) is 2.33. The number of carboxylic acid groups (broad SMARTS) is 1. The number of aryl methyl sites for hydroxylation is 1. The van der Waals surface area contributed by atoms with E-state index in [1.54, 1.807) is 25.1 Å². The third kappa shape index (κ3) is 4.26. The summed E-state index contributed by atoms with van der Waals surface area (Å²) < 4.78 is 4.87. The molecule has 0 radical (unpaired) electrons. The number of rotatable bonds is 7. The molecule has 0 bridgehead atoms. The second-order valence-electron chi connectivity index (χ2n) is 4.21. The van der Waals surface area contributed by atoms with E-state index >= 15 is 0 Å². The van der Waals surface area contributed by atoms with E-state index in [0.29, 0.717) is 29.8 Å². The van der Waals surface area contributed by atoms with Gasteiger partial charge in [-0.1, -0.05) is 0 Å². The van der Waals surface area contributed by atoms with Crippen molar-refractivity contribution in [2.24, 2.45) is 5.73 Å². The first-order chi connectivity index (χ1) is 8.95. The number of hydrogen-bond donors (Lipinski definition) is 3. The number of anilines is 1. The van der Waals surface area contributed by atoms with Crippen LogP contribution < -0.4 is 11.1 Å². The van der Waals surface area contributed by atoms with Crippen molar-refractivity contribution in [1.29, 1.82) is 0 Å². The Morgan fingerprint density at radius 3 is 2.63 bits per heavy atom. The van der Waals surface area contributed by atoms with Gasteiger partial charge in [0.1, 0.15) is 6.04 Å². The number of primary amides is 1. The van der Waals surface area contributed by atoms with Crippen LogP contribution in [0.25, 0.3) is 0 Å². The lowest BCUT2D eigenvalue weighted by atomic mass is 10.1. The molecule has 0 aliphatic heterocycles. The van der Waals surface area contributed by atoms with Crippen LogP contribution in [0.3, 0.4) is 0 Å². The molecule has 1 amide bonds. The number of methoxy groups -OCH3 is 1. The predicted molar refractivity (Wildman–Crippen MR) is 71.2 cm³/mol. The molecule has 1 unspecified atom stereocenters. The summed E-state index contributed by atoms with van der Waals surface area (Å²) in [7, 11) is 1.52. The summed E-state index contributed by atoms with van der Waals surface area (Å²) in [5.74, 6) is -1.45. The second kappa shape index (κ2) is 6.75. The molecule has 4 N–H and O–H groups in total. The highest BCUT2D eigenvalue weighted by atomic mass is 16.5. The molecule has 104 valence electrons. The Morgan fingerprint density at radius 1 is 1.47 bits per heavy atom. The van der Waals surface area contributed by atoms with Gasteiger partial charge in [0.15, 0.2) is 0 Å². The third-order valence-electron chi connectivity index (χ3n) is 2.74. The minimum atomic E-state index is -0.950. The average molecular weight is 266 g/mol. The van der Waals surface area contributed by atoms with Crippen LogP contribution in [-0.4, -0.2) is 36.7 Å². The molecule has 1 aromatic rings. The second-order valence-corrected chi connectivity index (χ2v) is 4.21. The van der Waals surface area contributed by atoms with E-state index in [1.165, 1.54) is 7.11 Å². The van der Waals surface area contributed by atoms with Crippen molar-refractivity contribution in [2.45, 2.75) is 19.4 Å². The van der Waals surface area contributed by atoms with E-state index in [1.807, 2.05) is 0 Å². The molecule has 0 saturated heterocycles. The molecule has 19 heavy (non-hydrogen) atoms. The molecule has 0 saturated carbocycles. The number of carbonyl (C=O) groups excluding carboxylic acids is 1. The Balaban J connectivity index is 2.82. The van der Waals surface area contributed by atoms with Gasteiger partial charge in [0.2, 0.25) is 5.91 Å². The van der Waals surface area contributed by atoms with E-state index in [9.17, 15) is 9.59 Å². The number of nitrogens with two attached hydrogens (primary N) is 1. The zero-order valence-electron chi connectivity index (χ0n) is 11.0. The van der Waals surface area contributed by atoms with Gasteiger partial charge in [-0.2, -0.15) is 0 Å². The fourth-order valence-electron chi connectivity index (χ4n) is 1.72. The maximum atomic E-state index is 11.1. The van der Waals surface area contributed by atoms with Crippen molar-refractivity contribution in [3.05, 3.63) is 29.3 Å². The Labute approximate surface area is 111 Å². The molecule has 0 heterocycles. The minimum absolute atomic E-state index is 0.350. The Hall–Kier alpha value is -2.08. The largest absolute Gasteiger partial charge is 0.480 e. The quantitative estimate of drug-likeness (QED) is 0.683. The standard InChI is InChI=1S/C13H18N2O4/c1-8-7-9(3-4-10(8)12(14)16)15-11(13(17)18)5-6-19-2/h3-4,7,11,15H,5-6H2,1-2H3,(H2,14,16)(H,17,18). The summed E-state index contributed by atoms with van der Waals surface area (Å²) in [4.78, 5) is 22.2. The molecule has 1 aromatic carbocycles. The van der Waals surface area contributed by atoms with Crippen LogP contribution in [0.1, 0.15) is 22.3 Å². The number of ether oxygens (including phenoxy) is 1. The third-order valence-corrected chi connectivity index (χ3v) is 2.74. The van der Waals surface area contributed by atoms with Crippen LogP contribution in [0, 0.1) is 6.92 Å². The van der Waals surface area contributed by atoms with Gasteiger partial charge >= 0.3 is 5.97 Å².